The van der Waals surface area contributed by atoms with Crippen LogP contribution in [-0.2, 0) is 6.42 Å². The van der Waals surface area contributed by atoms with Crippen LogP contribution in [0.3, 0.4) is 0 Å². The molecular weight excluding hydrogens is 265 g/mol. The van der Waals surface area contributed by atoms with Gasteiger partial charge in [0.1, 0.15) is 11.3 Å². The van der Waals surface area contributed by atoms with E-state index in [4.69, 9.17) is 4.74 Å². The summed E-state index contributed by atoms with van der Waals surface area (Å²) < 4.78 is 19.3. The third kappa shape index (κ3) is 2.47. The monoisotopic (exact) mass is 281 g/mol. The van der Waals surface area contributed by atoms with Crippen molar-refractivity contribution in [2.24, 2.45) is 0 Å². The van der Waals surface area contributed by atoms with E-state index in [1.807, 2.05) is 12.1 Å². The predicted molar refractivity (Wildman–Crippen MR) is 83.1 cm³/mol. The maximum Gasteiger partial charge on any atom is 0.153 e. The molecule has 3 rings (SSSR count). The van der Waals surface area contributed by atoms with Gasteiger partial charge >= 0.3 is 0 Å². The molecule has 2 aromatic carbocycles. The van der Waals surface area contributed by atoms with E-state index < -0.39 is 0 Å². The van der Waals surface area contributed by atoms with E-state index in [1.165, 1.54) is 18.7 Å². The standard InChI is InChI=1S/C18H16FNO/c1-3-12-4-6-13(7-5-12)15-8-9-20-18-16(15)10-14(21-2)11-17(18)19/h4-11H,3H2,1-2H3. The lowest BCUT2D eigenvalue weighted by Crippen LogP contribution is -1.91. The molecule has 21 heavy (non-hydrogen) atoms. The first-order valence-corrected chi connectivity index (χ1v) is 6.94. The zero-order chi connectivity index (χ0) is 14.8. The molecular formula is C18H16FNO. The summed E-state index contributed by atoms with van der Waals surface area (Å²) in [5, 5.41) is 0.763. The largest absolute Gasteiger partial charge is 0.497 e. The first-order chi connectivity index (χ1) is 10.2. The molecule has 3 aromatic rings. The van der Waals surface area contributed by atoms with Crippen molar-refractivity contribution in [3.05, 3.63) is 60.0 Å². The van der Waals surface area contributed by atoms with Crippen LogP contribution in [0.1, 0.15) is 12.5 Å². The van der Waals surface area contributed by atoms with Crippen LogP contribution in [0.4, 0.5) is 4.39 Å². The van der Waals surface area contributed by atoms with Gasteiger partial charge in [0.05, 0.1) is 7.11 Å². The first-order valence-electron chi connectivity index (χ1n) is 6.94. The van der Waals surface area contributed by atoms with E-state index in [0.29, 0.717) is 11.3 Å². The van der Waals surface area contributed by atoms with Crippen LogP contribution in [-0.4, -0.2) is 12.1 Å². The van der Waals surface area contributed by atoms with Crippen LogP contribution < -0.4 is 4.74 Å². The fourth-order valence-electron chi connectivity index (χ4n) is 2.48. The van der Waals surface area contributed by atoms with E-state index in [2.05, 4.69) is 36.2 Å². The van der Waals surface area contributed by atoms with Gasteiger partial charge in [0.15, 0.2) is 5.82 Å². The number of ether oxygens (including phenoxy) is 1. The third-order valence-electron chi connectivity index (χ3n) is 3.68. The van der Waals surface area contributed by atoms with Crippen molar-refractivity contribution in [3.8, 4) is 16.9 Å². The van der Waals surface area contributed by atoms with Gasteiger partial charge < -0.3 is 4.74 Å². The Morgan fingerprint density at radius 2 is 1.86 bits per heavy atom. The molecule has 0 aliphatic rings. The molecule has 0 amide bonds. The van der Waals surface area contributed by atoms with Crippen LogP contribution in [0, 0.1) is 5.82 Å². The van der Waals surface area contributed by atoms with Gasteiger partial charge in [-0.3, -0.25) is 4.98 Å². The topological polar surface area (TPSA) is 22.1 Å². The van der Waals surface area contributed by atoms with Crippen LogP contribution in [0.5, 0.6) is 5.75 Å². The molecule has 0 saturated carbocycles. The van der Waals surface area contributed by atoms with Crippen molar-refractivity contribution < 1.29 is 9.13 Å². The highest BCUT2D eigenvalue weighted by Crippen LogP contribution is 2.31. The molecule has 3 heteroatoms. The number of methoxy groups -OCH3 is 1. The van der Waals surface area contributed by atoms with Gasteiger partial charge in [0.25, 0.3) is 0 Å². The molecule has 0 aliphatic heterocycles. The average molecular weight is 281 g/mol. The highest BCUT2D eigenvalue weighted by molar-refractivity contribution is 5.95. The van der Waals surface area contributed by atoms with Gasteiger partial charge in [-0.05, 0) is 35.2 Å². The molecule has 0 bridgehead atoms. The number of fused-ring (bicyclic) bond motifs is 1. The Bertz CT molecular complexity index is 781. The number of benzene rings is 2. The lowest BCUT2D eigenvalue weighted by molar-refractivity contribution is 0.412. The smallest absolute Gasteiger partial charge is 0.153 e. The van der Waals surface area contributed by atoms with Crippen molar-refractivity contribution in [2.45, 2.75) is 13.3 Å². The lowest BCUT2D eigenvalue weighted by Gasteiger charge is -2.09. The quantitative estimate of drug-likeness (QED) is 0.699. The molecule has 0 aliphatic carbocycles. The van der Waals surface area contributed by atoms with Gasteiger partial charge in [-0.1, -0.05) is 31.2 Å². The van der Waals surface area contributed by atoms with Crippen LogP contribution in [0.25, 0.3) is 22.0 Å². The third-order valence-corrected chi connectivity index (χ3v) is 3.68. The van der Waals surface area contributed by atoms with Crippen molar-refractivity contribution in [2.75, 3.05) is 7.11 Å². The molecule has 1 heterocycles. The fraction of sp³-hybridized carbons (Fsp3) is 0.167. The van der Waals surface area contributed by atoms with Gasteiger partial charge in [0.2, 0.25) is 0 Å². The van der Waals surface area contributed by atoms with Gasteiger partial charge in [-0.15, -0.1) is 0 Å². The summed E-state index contributed by atoms with van der Waals surface area (Å²) in [6.45, 7) is 2.12. The summed E-state index contributed by atoms with van der Waals surface area (Å²) in [5.41, 5.74) is 3.65. The minimum Gasteiger partial charge on any atom is -0.497 e. The number of rotatable bonds is 3. The molecule has 0 saturated heterocycles. The van der Waals surface area contributed by atoms with Crippen LogP contribution in [0.2, 0.25) is 0 Å². The number of halogens is 1. The second kappa shape index (κ2) is 5.52. The normalized spacial score (nSPS) is 10.8. The summed E-state index contributed by atoms with van der Waals surface area (Å²) in [5.74, 6) is 0.135. The Kier molecular flexibility index (Phi) is 3.57. The molecule has 0 fully saturated rings. The Morgan fingerprint density at radius 1 is 1.10 bits per heavy atom. The van der Waals surface area contributed by atoms with E-state index in [0.717, 1.165) is 22.9 Å². The molecule has 1 aromatic heterocycles. The molecule has 0 radical (unpaired) electrons. The summed E-state index contributed by atoms with van der Waals surface area (Å²) in [7, 11) is 1.53. The van der Waals surface area contributed by atoms with Crippen molar-refractivity contribution in [3.63, 3.8) is 0 Å². The van der Waals surface area contributed by atoms with Crippen LogP contribution in [0.15, 0.2) is 48.7 Å². The number of hydrogen-bond acceptors (Lipinski definition) is 2. The molecule has 0 unspecified atom stereocenters. The maximum absolute atomic E-state index is 14.1. The molecule has 0 atom stereocenters. The summed E-state index contributed by atoms with van der Waals surface area (Å²) >= 11 is 0. The number of hydrogen-bond donors (Lipinski definition) is 0. The lowest BCUT2D eigenvalue weighted by atomic mass is 9.99. The Morgan fingerprint density at radius 3 is 2.52 bits per heavy atom. The van der Waals surface area contributed by atoms with Crippen LogP contribution >= 0.6 is 0 Å². The van der Waals surface area contributed by atoms with Gasteiger partial charge in [-0.25, -0.2) is 4.39 Å². The van der Waals surface area contributed by atoms with E-state index in [-0.39, 0.29) is 5.82 Å². The average Bonchev–Trinajstić information content (AvgIpc) is 2.54. The SMILES string of the molecule is CCc1ccc(-c2ccnc3c(F)cc(OC)cc23)cc1. The molecule has 106 valence electrons. The van der Waals surface area contributed by atoms with E-state index in [9.17, 15) is 4.39 Å². The number of nitrogens with zero attached hydrogens (tertiary/aromatic N) is 1. The zero-order valence-electron chi connectivity index (χ0n) is 12.1. The Balaban J connectivity index is 2.23. The second-order valence-corrected chi connectivity index (χ2v) is 4.91. The summed E-state index contributed by atoms with van der Waals surface area (Å²) in [6, 6.07) is 13.4. The molecule has 0 N–H and O–H groups in total. The summed E-state index contributed by atoms with van der Waals surface area (Å²) in [6.07, 6.45) is 2.64. The van der Waals surface area contributed by atoms with Crippen molar-refractivity contribution in [1.82, 2.24) is 4.98 Å². The predicted octanol–water partition coefficient (Wildman–Crippen LogP) is 4.61. The van der Waals surface area contributed by atoms with Crippen molar-refractivity contribution >= 4 is 10.9 Å². The second-order valence-electron chi connectivity index (χ2n) is 4.91. The highest BCUT2D eigenvalue weighted by Gasteiger charge is 2.10. The zero-order valence-corrected chi connectivity index (χ0v) is 12.1. The van der Waals surface area contributed by atoms with E-state index in [1.54, 1.807) is 6.20 Å². The number of aryl methyl sites for hydroxylation is 1. The summed E-state index contributed by atoms with van der Waals surface area (Å²) in [4.78, 5) is 4.15. The Hall–Kier alpha value is -2.42. The van der Waals surface area contributed by atoms with Crippen molar-refractivity contribution in [1.29, 1.82) is 0 Å². The number of aromatic nitrogens is 1. The number of pyridine rings is 1. The van der Waals surface area contributed by atoms with E-state index >= 15 is 0 Å². The fourth-order valence-corrected chi connectivity index (χ4v) is 2.48. The molecule has 0 spiro atoms. The molecule has 2 nitrogen and oxygen atoms in total. The minimum absolute atomic E-state index is 0.364. The van der Waals surface area contributed by atoms with Gasteiger partial charge in [-0.2, -0.15) is 0 Å². The Labute approximate surface area is 123 Å². The minimum atomic E-state index is -0.364. The van der Waals surface area contributed by atoms with Gasteiger partial charge in [0, 0.05) is 17.6 Å². The maximum atomic E-state index is 14.1. The first kappa shape index (κ1) is 13.6. The highest BCUT2D eigenvalue weighted by atomic mass is 19.1.